The lowest BCUT2D eigenvalue weighted by molar-refractivity contribution is -0.151. The minimum absolute atomic E-state index is 0.0499. The minimum Gasteiger partial charge on any atom is -0.462 e. The number of hydrogen-bond donors (Lipinski definition) is 1. The molecule has 34 heavy (non-hydrogen) atoms. The predicted molar refractivity (Wildman–Crippen MR) is 128 cm³/mol. The van der Waals surface area contributed by atoms with Crippen LogP contribution in [-0.2, 0) is 30.3 Å². The highest BCUT2D eigenvalue weighted by Gasteiger charge is 2.37. The predicted octanol–water partition coefficient (Wildman–Crippen LogP) is 3.74. The van der Waals surface area contributed by atoms with Gasteiger partial charge in [0.15, 0.2) is 6.61 Å². The molecule has 1 aliphatic heterocycles. The van der Waals surface area contributed by atoms with Gasteiger partial charge in [0.05, 0.1) is 18.1 Å². The Hall–Kier alpha value is -3.68. The van der Waals surface area contributed by atoms with Crippen molar-refractivity contribution in [1.82, 2.24) is 0 Å². The van der Waals surface area contributed by atoms with Crippen LogP contribution in [0.25, 0.3) is 0 Å². The molecule has 1 heterocycles. The lowest BCUT2D eigenvalue weighted by atomic mass is 10.1. The molecule has 3 rings (SSSR count). The molecular weight excluding hydrogens is 436 g/mol. The fourth-order valence-electron chi connectivity index (χ4n) is 3.71. The summed E-state index contributed by atoms with van der Waals surface area (Å²) in [7, 11) is 0. The average molecular weight is 467 g/mol. The number of aryl methyl sites for hydroxylation is 1. The number of esters is 2. The van der Waals surface area contributed by atoms with Crippen molar-refractivity contribution >= 4 is 35.1 Å². The van der Waals surface area contributed by atoms with Gasteiger partial charge in [-0.25, -0.2) is 4.79 Å². The first-order valence-corrected chi connectivity index (χ1v) is 11.5. The van der Waals surface area contributed by atoms with Crippen molar-refractivity contribution in [3.8, 4) is 0 Å². The third kappa shape index (κ3) is 6.43. The number of carbonyl (C=O) groups is 4. The van der Waals surface area contributed by atoms with E-state index in [0.29, 0.717) is 17.9 Å². The first-order valence-electron chi connectivity index (χ1n) is 11.5. The molecule has 0 spiro atoms. The molecule has 0 aliphatic carbocycles. The molecule has 0 radical (unpaired) electrons. The maximum absolute atomic E-state index is 12.5. The zero-order chi connectivity index (χ0) is 24.5. The summed E-state index contributed by atoms with van der Waals surface area (Å²) >= 11 is 0. The number of hydrogen-bond acceptors (Lipinski definition) is 6. The van der Waals surface area contributed by atoms with Crippen molar-refractivity contribution in [2.24, 2.45) is 5.92 Å². The lowest BCUT2D eigenvalue weighted by Gasteiger charge is -2.19. The average Bonchev–Trinajstić information content (AvgIpc) is 3.24. The molecule has 8 nitrogen and oxygen atoms in total. The van der Waals surface area contributed by atoms with Crippen molar-refractivity contribution in [2.75, 3.05) is 30.0 Å². The maximum Gasteiger partial charge on any atom is 0.338 e. The Labute approximate surface area is 199 Å². The minimum atomic E-state index is -0.622. The molecule has 1 fully saturated rings. The molecule has 0 aromatic heterocycles. The normalized spacial score (nSPS) is 15.2. The van der Waals surface area contributed by atoms with Crippen molar-refractivity contribution in [2.45, 2.75) is 39.5 Å². The van der Waals surface area contributed by atoms with Crippen LogP contribution in [0.2, 0.25) is 0 Å². The summed E-state index contributed by atoms with van der Waals surface area (Å²) in [6, 6.07) is 13.9. The zero-order valence-corrected chi connectivity index (χ0v) is 19.5. The molecule has 180 valence electrons. The highest BCUT2D eigenvalue weighted by Crippen LogP contribution is 2.29. The fraction of sp³-hybridized carbons (Fsp3) is 0.385. The first-order chi connectivity index (χ1) is 16.4. The number of ether oxygens (including phenoxy) is 2. The summed E-state index contributed by atoms with van der Waals surface area (Å²) in [5.41, 5.74) is 2.69. The van der Waals surface area contributed by atoms with Crippen LogP contribution in [0.5, 0.6) is 0 Å². The van der Waals surface area contributed by atoms with Gasteiger partial charge in [-0.2, -0.15) is 0 Å². The number of para-hydroxylation sites is 1. The van der Waals surface area contributed by atoms with E-state index in [-0.39, 0.29) is 18.9 Å². The number of anilines is 2. The summed E-state index contributed by atoms with van der Waals surface area (Å²) in [5.74, 6) is -2.26. The van der Waals surface area contributed by atoms with Gasteiger partial charge < -0.3 is 19.7 Å². The molecule has 1 aliphatic rings. The van der Waals surface area contributed by atoms with Gasteiger partial charge in [-0.3, -0.25) is 14.4 Å². The fourth-order valence-corrected chi connectivity index (χ4v) is 3.71. The van der Waals surface area contributed by atoms with Gasteiger partial charge in [-0.1, -0.05) is 38.5 Å². The molecule has 2 aromatic rings. The van der Waals surface area contributed by atoms with Crippen LogP contribution in [0.1, 0.15) is 49.0 Å². The molecule has 2 amide bonds. The third-order valence-corrected chi connectivity index (χ3v) is 5.60. The Morgan fingerprint density at radius 2 is 1.76 bits per heavy atom. The van der Waals surface area contributed by atoms with Gasteiger partial charge in [0.1, 0.15) is 0 Å². The first kappa shape index (κ1) is 25.0. The Balaban J connectivity index is 1.47. The van der Waals surface area contributed by atoms with E-state index in [1.807, 2.05) is 38.1 Å². The van der Waals surface area contributed by atoms with Gasteiger partial charge in [0, 0.05) is 24.3 Å². The van der Waals surface area contributed by atoms with Crippen LogP contribution in [0.4, 0.5) is 11.4 Å². The monoisotopic (exact) mass is 466 g/mol. The number of rotatable bonds is 10. The molecule has 0 bridgehead atoms. The smallest absolute Gasteiger partial charge is 0.338 e. The van der Waals surface area contributed by atoms with Crippen molar-refractivity contribution in [1.29, 1.82) is 0 Å². The van der Waals surface area contributed by atoms with Crippen LogP contribution in [0.15, 0.2) is 48.5 Å². The quantitative estimate of drug-likeness (QED) is 0.423. The summed E-state index contributed by atoms with van der Waals surface area (Å²) in [5, 5.41) is 2.62. The van der Waals surface area contributed by atoms with Gasteiger partial charge in [0.25, 0.3) is 5.91 Å². The topological polar surface area (TPSA) is 102 Å². The number of amides is 2. The Kier molecular flexibility index (Phi) is 8.79. The maximum atomic E-state index is 12.5. The van der Waals surface area contributed by atoms with Crippen LogP contribution in [-0.4, -0.2) is 43.5 Å². The largest absolute Gasteiger partial charge is 0.462 e. The molecule has 1 saturated heterocycles. The molecule has 1 N–H and O–H groups in total. The van der Waals surface area contributed by atoms with Gasteiger partial charge in [0.2, 0.25) is 5.91 Å². The molecule has 0 unspecified atom stereocenters. The van der Waals surface area contributed by atoms with E-state index < -0.39 is 30.4 Å². The summed E-state index contributed by atoms with van der Waals surface area (Å²) in [4.78, 5) is 50.7. The Morgan fingerprint density at radius 1 is 1.03 bits per heavy atom. The SMILES string of the molecule is CCCCOC(=O)c1ccc(NC(=O)COC(=O)[C@H]2CC(=O)N(c3ccccc3CC)C2)cc1. The van der Waals surface area contributed by atoms with E-state index in [0.717, 1.165) is 30.5 Å². The molecular formula is C26H30N2O6. The standard InChI is InChI=1S/C26H30N2O6/c1-3-5-14-33-25(31)19-10-12-21(13-11-19)27-23(29)17-34-26(32)20-15-24(30)28(16-20)22-9-7-6-8-18(22)4-2/h6-13,20H,3-5,14-17H2,1-2H3,(H,27,29)/t20-/m0/s1. The Bertz CT molecular complexity index is 1030. The number of carbonyl (C=O) groups excluding carboxylic acids is 4. The summed E-state index contributed by atoms with van der Waals surface area (Å²) in [6.45, 7) is 4.16. The van der Waals surface area contributed by atoms with Crippen LogP contribution in [0.3, 0.4) is 0 Å². The van der Waals surface area contributed by atoms with Crippen LogP contribution in [0, 0.1) is 5.92 Å². The van der Waals surface area contributed by atoms with Gasteiger partial charge in [-0.15, -0.1) is 0 Å². The second-order valence-electron chi connectivity index (χ2n) is 8.11. The highest BCUT2D eigenvalue weighted by molar-refractivity contribution is 6.00. The molecule has 2 aromatic carbocycles. The number of nitrogens with zero attached hydrogens (tertiary/aromatic N) is 1. The van der Waals surface area contributed by atoms with Gasteiger partial charge in [-0.05, 0) is 48.7 Å². The van der Waals surface area contributed by atoms with E-state index in [1.54, 1.807) is 29.2 Å². The van der Waals surface area contributed by atoms with E-state index in [4.69, 9.17) is 9.47 Å². The Morgan fingerprint density at radius 3 is 2.47 bits per heavy atom. The van der Waals surface area contributed by atoms with E-state index >= 15 is 0 Å². The second-order valence-corrected chi connectivity index (χ2v) is 8.11. The van der Waals surface area contributed by atoms with Crippen LogP contribution >= 0.6 is 0 Å². The van der Waals surface area contributed by atoms with Crippen molar-refractivity contribution < 1.29 is 28.7 Å². The number of unbranched alkanes of at least 4 members (excludes halogenated alkanes) is 1. The third-order valence-electron chi connectivity index (χ3n) is 5.60. The summed E-state index contributed by atoms with van der Waals surface area (Å²) < 4.78 is 10.3. The number of nitrogens with one attached hydrogen (secondary N) is 1. The van der Waals surface area contributed by atoms with Crippen molar-refractivity contribution in [3.05, 3.63) is 59.7 Å². The van der Waals surface area contributed by atoms with Crippen molar-refractivity contribution in [3.63, 3.8) is 0 Å². The second kappa shape index (κ2) is 12.0. The molecule has 0 saturated carbocycles. The number of benzene rings is 2. The van der Waals surface area contributed by atoms with Crippen LogP contribution < -0.4 is 10.2 Å². The van der Waals surface area contributed by atoms with E-state index in [9.17, 15) is 19.2 Å². The molecule has 8 heteroatoms. The van der Waals surface area contributed by atoms with E-state index in [2.05, 4.69) is 5.32 Å². The lowest BCUT2D eigenvalue weighted by Crippen LogP contribution is -2.28. The zero-order valence-electron chi connectivity index (χ0n) is 19.5. The highest BCUT2D eigenvalue weighted by atomic mass is 16.5. The van der Waals surface area contributed by atoms with Gasteiger partial charge >= 0.3 is 11.9 Å². The summed E-state index contributed by atoms with van der Waals surface area (Å²) in [6.07, 6.45) is 2.56. The van der Waals surface area contributed by atoms with E-state index in [1.165, 1.54) is 0 Å². The molecule has 1 atom stereocenters.